The zero-order chi connectivity index (χ0) is 18.4. The van der Waals surface area contributed by atoms with Gasteiger partial charge in [-0.2, -0.15) is 0 Å². The highest BCUT2D eigenvalue weighted by Crippen LogP contribution is 2.47. The van der Waals surface area contributed by atoms with E-state index in [1.54, 1.807) is 29.8 Å². The molecule has 5 rings (SSSR count). The number of likely N-dealkylation sites (N-methyl/N-ethyl adjacent to an activating group) is 1. The Bertz CT molecular complexity index is 971. The van der Waals surface area contributed by atoms with E-state index >= 15 is 0 Å². The van der Waals surface area contributed by atoms with E-state index in [-0.39, 0.29) is 13.0 Å². The Labute approximate surface area is 165 Å². The van der Waals surface area contributed by atoms with E-state index in [2.05, 4.69) is 41.3 Å². The smallest absolute Gasteiger partial charge is 0.231 e. The second kappa shape index (κ2) is 6.70. The summed E-state index contributed by atoms with van der Waals surface area (Å²) < 4.78 is 17.0. The number of thiazole rings is 1. The molecule has 1 unspecified atom stereocenters. The lowest BCUT2D eigenvalue weighted by Gasteiger charge is -2.33. The molecule has 0 radical (unpaired) electrons. The first-order valence-electron chi connectivity index (χ1n) is 8.82. The highest BCUT2D eigenvalue weighted by atomic mass is 32.1. The summed E-state index contributed by atoms with van der Waals surface area (Å²) in [5.41, 5.74) is 3.40. The number of anilines is 1. The van der Waals surface area contributed by atoms with Crippen LogP contribution in [0.5, 0.6) is 17.2 Å². The molecule has 0 saturated carbocycles. The minimum absolute atomic E-state index is 0.0422. The standard InChI is InChI=1S/C19H19N3O3S2/c1-22-6-5-11-8-13-16(25-10-24-13)17(23-2)15(11)18(22)21-19-20-12(9-27-19)14-4-3-7-26-14/h3-4,7-9,18H,5-6,10H2,1-2H3,(H,20,21)/p+1/t18-/m0/s1. The largest absolute Gasteiger partial charge is 0.492 e. The summed E-state index contributed by atoms with van der Waals surface area (Å²) in [4.78, 5) is 7.34. The number of rotatable bonds is 4. The summed E-state index contributed by atoms with van der Waals surface area (Å²) in [5.74, 6) is 2.25. The van der Waals surface area contributed by atoms with Gasteiger partial charge >= 0.3 is 0 Å². The van der Waals surface area contributed by atoms with E-state index < -0.39 is 0 Å². The van der Waals surface area contributed by atoms with Gasteiger partial charge in [0.15, 0.2) is 22.8 Å². The number of hydrogen-bond acceptors (Lipinski definition) is 7. The number of nitrogens with one attached hydrogen (secondary N) is 2. The van der Waals surface area contributed by atoms with Crippen molar-refractivity contribution in [1.82, 2.24) is 4.98 Å². The summed E-state index contributed by atoms with van der Waals surface area (Å²) in [5, 5.41) is 8.72. The number of methoxy groups -OCH3 is 1. The Kier molecular flexibility index (Phi) is 4.18. The summed E-state index contributed by atoms with van der Waals surface area (Å²) >= 11 is 3.34. The summed E-state index contributed by atoms with van der Waals surface area (Å²) in [6.07, 6.45) is 1.02. The number of thiophene rings is 1. The second-order valence-corrected chi connectivity index (χ2v) is 8.46. The van der Waals surface area contributed by atoms with E-state index in [9.17, 15) is 0 Å². The Morgan fingerprint density at radius 1 is 1.33 bits per heavy atom. The van der Waals surface area contributed by atoms with Gasteiger partial charge in [-0.1, -0.05) is 6.07 Å². The van der Waals surface area contributed by atoms with Crippen molar-refractivity contribution >= 4 is 27.8 Å². The van der Waals surface area contributed by atoms with Crippen LogP contribution in [0.15, 0.2) is 29.0 Å². The molecule has 2 aliphatic rings. The lowest BCUT2D eigenvalue weighted by atomic mass is 9.95. The third-order valence-electron chi connectivity index (χ3n) is 5.06. The summed E-state index contributed by atoms with van der Waals surface area (Å²) in [6.45, 7) is 1.27. The molecule has 0 amide bonds. The highest BCUT2D eigenvalue weighted by Gasteiger charge is 2.37. The van der Waals surface area contributed by atoms with Gasteiger partial charge in [-0.3, -0.25) is 0 Å². The van der Waals surface area contributed by atoms with Crippen molar-refractivity contribution < 1.29 is 19.1 Å². The SMILES string of the molecule is COc1c2c(cc3c1[C@@H](Nc1nc(-c4cccs4)cs1)[NH+](C)CC3)OCO2. The van der Waals surface area contributed by atoms with E-state index in [0.717, 1.165) is 40.9 Å². The van der Waals surface area contributed by atoms with Crippen LogP contribution in [0.4, 0.5) is 5.13 Å². The van der Waals surface area contributed by atoms with Crippen LogP contribution in [0.3, 0.4) is 0 Å². The quantitative estimate of drug-likeness (QED) is 0.703. The molecule has 8 heteroatoms. The van der Waals surface area contributed by atoms with Crippen LogP contribution in [-0.2, 0) is 6.42 Å². The molecule has 0 fully saturated rings. The summed E-state index contributed by atoms with van der Waals surface area (Å²) in [7, 11) is 3.88. The molecule has 2 aromatic heterocycles. The maximum Gasteiger partial charge on any atom is 0.231 e. The third kappa shape index (κ3) is 2.84. The van der Waals surface area contributed by atoms with Crippen LogP contribution in [-0.4, -0.2) is 32.5 Å². The van der Waals surface area contributed by atoms with E-state index in [4.69, 9.17) is 19.2 Å². The molecule has 0 saturated heterocycles. The van der Waals surface area contributed by atoms with Gasteiger partial charge in [0.2, 0.25) is 12.5 Å². The topological polar surface area (TPSA) is 57.0 Å². The number of nitrogens with zero attached hydrogens (tertiary/aromatic N) is 1. The lowest BCUT2D eigenvalue weighted by molar-refractivity contribution is -0.910. The second-order valence-electron chi connectivity index (χ2n) is 6.66. The molecular formula is C19H20N3O3S2+. The first-order chi connectivity index (χ1) is 13.2. The van der Waals surface area contributed by atoms with Gasteiger partial charge in [0.25, 0.3) is 0 Å². The van der Waals surface area contributed by atoms with Crippen molar-refractivity contribution in [2.24, 2.45) is 0 Å². The summed E-state index contributed by atoms with van der Waals surface area (Å²) in [6, 6.07) is 6.25. The molecule has 4 heterocycles. The predicted molar refractivity (Wildman–Crippen MR) is 106 cm³/mol. The average Bonchev–Trinajstić information content (AvgIpc) is 3.43. The molecular weight excluding hydrogens is 382 g/mol. The monoisotopic (exact) mass is 402 g/mol. The van der Waals surface area contributed by atoms with Crippen LogP contribution in [0, 0.1) is 0 Å². The van der Waals surface area contributed by atoms with E-state index in [1.165, 1.54) is 15.3 Å². The fraction of sp³-hybridized carbons (Fsp3) is 0.316. The first kappa shape index (κ1) is 16.9. The van der Waals surface area contributed by atoms with E-state index in [1.807, 2.05) is 0 Å². The van der Waals surface area contributed by atoms with Crippen molar-refractivity contribution in [2.45, 2.75) is 12.6 Å². The number of hydrogen-bond donors (Lipinski definition) is 2. The third-order valence-corrected chi connectivity index (χ3v) is 6.73. The van der Waals surface area contributed by atoms with Gasteiger partial charge in [0, 0.05) is 11.8 Å². The van der Waals surface area contributed by atoms with Gasteiger partial charge in [-0.15, -0.1) is 22.7 Å². The average molecular weight is 403 g/mol. The van der Waals surface area contributed by atoms with Crippen molar-refractivity contribution in [2.75, 3.05) is 32.8 Å². The van der Waals surface area contributed by atoms with Crippen LogP contribution >= 0.6 is 22.7 Å². The maximum absolute atomic E-state index is 5.76. The van der Waals surface area contributed by atoms with Crippen LogP contribution < -0.4 is 24.4 Å². The molecule has 27 heavy (non-hydrogen) atoms. The fourth-order valence-electron chi connectivity index (χ4n) is 3.72. The van der Waals surface area contributed by atoms with Gasteiger partial charge in [0.05, 0.1) is 36.8 Å². The predicted octanol–water partition coefficient (Wildman–Crippen LogP) is 2.79. The Morgan fingerprint density at radius 2 is 2.26 bits per heavy atom. The van der Waals surface area contributed by atoms with Crippen LogP contribution in [0.25, 0.3) is 10.6 Å². The van der Waals surface area contributed by atoms with Crippen molar-refractivity contribution in [1.29, 1.82) is 0 Å². The molecule has 2 aliphatic heterocycles. The van der Waals surface area contributed by atoms with Crippen molar-refractivity contribution in [3.63, 3.8) is 0 Å². The van der Waals surface area contributed by atoms with Crippen molar-refractivity contribution in [3.8, 4) is 27.8 Å². The highest BCUT2D eigenvalue weighted by molar-refractivity contribution is 7.15. The number of aromatic nitrogens is 1. The Balaban J connectivity index is 1.52. The molecule has 1 aromatic carbocycles. The van der Waals surface area contributed by atoms with Gasteiger partial charge in [-0.25, -0.2) is 4.98 Å². The van der Waals surface area contributed by atoms with Crippen LogP contribution in [0.2, 0.25) is 0 Å². The van der Waals surface area contributed by atoms with Gasteiger partial charge in [-0.05, 0) is 23.1 Å². The van der Waals surface area contributed by atoms with Crippen molar-refractivity contribution in [3.05, 3.63) is 40.1 Å². The normalized spacial score (nSPS) is 20.4. The van der Waals surface area contributed by atoms with Gasteiger partial charge in [0.1, 0.15) is 0 Å². The number of quaternary nitrogens is 1. The molecule has 2 N–H and O–H groups in total. The molecule has 0 aliphatic carbocycles. The number of ether oxygens (including phenoxy) is 3. The van der Waals surface area contributed by atoms with Gasteiger partial charge < -0.3 is 24.4 Å². The first-order valence-corrected chi connectivity index (χ1v) is 10.6. The number of fused-ring (bicyclic) bond motifs is 2. The Morgan fingerprint density at radius 3 is 3.07 bits per heavy atom. The molecule has 0 spiro atoms. The minimum Gasteiger partial charge on any atom is -0.492 e. The molecule has 140 valence electrons. The maximum atomic E-state index is 5.76. The molecule has 6 nitrogen and oxygen atoms in total. The van der Waals surface area contributed by atoms with E-state index in [0.29, 0.717) is 5.75 Å². The number of benzene rings is 1. The molecule has 0 bridgehead atoms. The zero-order valence-electron chi connectivity index (χ0n) is 15.1. The fourth-order valence-corrected chi connectivity index (χ4v) is 5.22. The Hall–Kier alpha value is -2.29. The van der Waals surface area contributed by atoms with Crippen LogP contribution in [0.1, 0.15) is 17.3 Å². The molecule has 2 atom stereocenters. The minimum atomic E-state index is 0.0422. The zero-order valence-corrected chi connectivity index (χ0v) is 16.7. The molecule has 3 aromatic rings. The lowest BCUT2D eigenvalue weighted by Crippen LogP contribution is -3.11.